The fourth-order valence-corrected chi connectivity index (χ4v) is 1.05. The molecule has 5 heteroatoms. The zero-order valence-electron chi connectivity index (χ0n) is 8.68. The van der Waals surface area contributed by atoms with Crippen LogP contribution in [0.15, 0.2) is 5.10 Å². The first-order valence-corrected chi connectivity index (χ1v) is 4.56. The molecule has 0 unspecified atom stereocenters. The maximum atomic E-state index is 11.5. The molecular weight excluding hydrogens is 182 g/mol. The standard InChI is InChI=1S/C9H15N3O2/c1-9(2,3)10-8(14)6-4-5-7(13)12-11-6/h4-5H2,1-3H3,(H,10,14)(H,12,13). The highest BCUT2D eigenvalue weighted by atomic mass is 16.2. The van der Waals surface area contributed by atoms with E-state index in [1.54, 1.807) is 0 Å². The highest BCUT2D eigenvalue weighted by Gasteiger charge is 2.21. The Hall–Kier alpha value is -1.39. The van der Waals surface area contributed by atoms with E-state index in [2.05, 4.69) is 15.8 Å². The lowest BCUT2D eigenvalue weighted by molar-refractivity contribution is -0.121. The highest BCUT2D eigenvalue weighted by molar-refractivity contribution is 6.39. The van der Waals surface area contributed by atoms with Crippen LogP contribution in [0.5, 0.6) is 0 Å². The lowest BCUT2D eigenvalue weighted by Crippen LogP contribution is -2.45. The zero-order valence-corrected chi connectivity index (χ0v) is 8.68. The molecule has 1 rings (SSSR count). The van der Waals surface area contributed by atoms with Crippen molar-refractivity contribution in [3.05, 3.63) is 0 Å². The number of carbonyl (C=O) groups is 2. The number of hydrogen-bond acceptors (Lipinski definition) is 3. The molecule has 78 valence electrons. The van der Waals surface area contributed by atoms with Crippen LogP contribution in [-0.2, 0) is 9.59 Å². The van der Waals surface area contributed by atoms with Crippen LogP contribution < -0.4 is 10.7 Å². The van der Waals surface area contributed by atoms with Crippen molar-refractivity contribution in [3.8, 4) is 0 Å². The lowest BCUT2D eigenvalue weighted by atomic mass is 10.1. The van der Waals surface area contributed by atoms with Crippen LogP contribution >= 0.6 is 0 Å². The van der Waals surface area contributed by atoms with Crippen LogP contribution in [0.2, 0.25) is 0 Å². The molecule has 2 N–H and O–H groups in total. The summed E-state index contributed by atoms with van der Waals surface area (Å²) in [6.07, 6.45) is 0.740. The van der Waals surface area contributed by atoms with E-state index in [9.17, 15) is 9.59 Å². The van der Waals surface area contributed by atoms with Gasteiger partial charge < -0.3 is 5.32 Å². The van der Waals surface area contributed by atoms with E-state index in [-0.39, 0.29) is 17.4 Å². The van der Waals surface area contributed by atoms with Crippen LogP contribution in [0.1, 0.15) is 33.6 Å². The summed E-state index contributed by atoms with van der Waals surface area (Å²) in [5, 5.41) is 6.48. The second-order valence-electron chi connectivity index (χ2n) is 4.30. The number of rotatable bonds is 1. The predicted octanol–water partition coefficient (Wildman–Crippen LogP) is 0.167. The van der Waals surface area contributed by atoms with Gasteiger partial charge in [0, 0.05) is 18.4 Å². The van der Waals surface area contributed by atoms with Crippen molar-refractivity contribution < 1.29 is 9.59 Å². The van der Waals surface area contributed by atoms with Gasteiger partial charge >= 0.3 is 0 Å². The molecule has 0 spiro atoms. The number of amides is 2. The van der Waals surface area contributed by atoms with Crippen molar-refractivity contribution in [3.63, 3.8) is 0 Å². The molecule has 0 aromatic rings. The number of hydrazone groups is 1. The van der Waals surface area contributed by atoms with Crippen molar-refractivity contribution in [2.75, 3.05) is 0 Å². The fraction of sp³-hybridized carbons (Fsp3) is 0.667. The van der Waals surface area contributed by atoms with E-state index < -0.39 is 0 Å². The second kappa shape index (κ2) is 3.77. The molecule has 1 aliphatic heterocycles. The van der Waals surface area contributed by atoms with E-state index in [0.29, 0.717) is 18.6 Å². The van der Waals surface area contributed by atoms with E-state index in [4.69, 9.17) is 0 Å². The molecule has 0 aromatic carbocycles. The maximum absolute atomic E-state index is 11.5. The first-order valence-electron chi connectivity index (χ1n) is 4.56. The molecular formula is C9H15N3O2. The monoisotopic (exact) mass is 197 g/mol. The maximum Gasteiger partial charge on any atom is 0.267 e. The van der Waals surface area contributed by atoms with Gasteiger partial charge in [0.2, 0.25) is 5.91 Å². The van der Waals surface area contributed by atoms with E-state index in [0.717, 1.165) is 0 Å². The van der Waals surface area contributed by atoms with Crippen LogP contribution in [0.4, 0.5) is 0 Å². The number of nitrogens with one attached hydrogen (secondary N) is 2. The van der Waals surface area contributed by atoms with Crippen molar-refractivity contribution in [1.29, 1.82) is 0 Å². The summed E-state index contributed by atoms with van der Waals surface area (Å²) >= 11 is 0. The Kier molecular flexibility index (Phi) is 2.88. The quantitative estimate of drug-likeness (QED) is 0.629. The van der Waals surface area contributed by atoms with Gasteiger partial charge in [-0.3, -0.25) is 9.59 Å². The molecule has 14 heavy (non-hydrogen) atoms. The van der Waals surface area contributed by atoms with Gasteiger partial charge in [0.25, 0.3) is 5.91 Å². The number of carbonyl (C=O) groups excluding carboxylic acids is 2. The van der Waals surface area contributed by atoms with Crippen molar-refractivity contribution in [2.45, 2.75) is 39.2 Å². The summed E-state index contributed by atoms with van der Waals surface area (Å²) in [5.74, 6) is -0.352. The van der Waals surface area contributed by atoms with Gasteiger partial charge in [-0.25, -0.2) is 5.43 Å². The van der Waals surface area contributed by atoms with Crippen LogP contribution in [0.25, 0.3) is 0 Å². The number of hydrogen-bond donors (Lipinski definition) is 2. The van der Waals surface area contributed by atoms with Crippen molar-refractivity contribution in [1.82, 2.24) is 10.7 Å². The largest absolute Gasteiger partial charge is 0.346 e. The Morgan fingerprint density at radius 1 is 1.43 bits per heavy atom. The Morgan fingerprint density at radius 3 is 2.50 bits per heavy atom. The summed E-state index contributed by atoms with van der Waals surface area (Å²) in [6.45, 7) is 5.69. The summed E-state index contributed by atoms with van der Waals surface area (Å²) in [7, 11) is 0. The molecule has 0 saturated heterocycles. The van der Waals surface area contributed by atoms with Crippen molar-refractivity contribution in [2.24, 2.45) is 5.10 Å². The summed E-state index contributed by atoms with van der Waals surface area (Å²) < 4.78 is 0. The van der Waals surface area contributed by atoms with Gasteiger partial charge in [0.15, 0.2) is 0 Å². The Bertz CT molecular complexity index is 289. The Morgan fingerprint density at radius 2 is 2.07 bits per heavy atom. The summed E-state index contributed by atoms with van der Waals surface area (Å²) in [5.41, 5.74) is 2.40. The smallest absolute Gasteiger partial charge is 0.267 e. The molecule has 0 atom stereocenters. The van der Waals surface area contributed by atoms with E-state index in [1.807, 2.05) is 20.8 Å². The average molecular weight is 197 g/mol. The first kappa shape index (κ1) is 10.7. The van der Waals surface area contributed by atoms with Gasteiger partial charge in [-0.2, -0.15) is 5.10 Å². The number of nitrogens with zero attached hydrogens (tertiary/aromatic N) is 1. The fourth-order valence-electron chi connectivity index (χ4n) is 1.05. The van der Waals surface area contributed by atoms with Gasteiger partial charge in [-0.1, -0.05) is 0 Å². The molecule has 1 heterocycles. The van der Waals surface area contributed by atoms with Gasteiger partial charge in [0.05, 0.1) is 0 Å². The minimum atomic E-state index is -0.277. The highest BCUT2D eigenvalue weighted by Crippen LogP contribution is 2.03. The van der Waals surface area contributed by atoms with E-state index >= 15 is 0 Å². The lowest BCUT2D eigenvalue weighted by Gasteiger charge is -2.21. The van der Waals surface area contributed by atoms with Crippen molar-refractivity contribution >= 4 is 17.5 Å². The zero-order chi connectivity index (χ0) is 10.8. The molecule has 0 aromatic heterocycles. The van der Waals surface area contributed by atoms with Crippen LogP contribution in [0, 0.1) is 0 Å². The molecule has 0 fully saturated rings. The summed E-state index contributed by atoms with van der Waals surface area (Å²) in [4.78, 5) is 22.3. The molecule has 2 amide bonds. The molecule has 0 radical (unpaired) electrons. The van der Waals surface area contributed by atoms with Gasteiger partial charge in [0.1, 0.15) is 5.71 Å². The third-order valence-corrected chi connectivity index (χ3v) is 1.66. The van der Waals surface area contributed by atoms with Crippen LogP contribution in [-0.4, -0.2) is 23.1 Å². The molecule has 5 nitrogen and oxygen atoms in total. The second-order valence-corrected chi connectivity index (χ2v) is 4.30. The normalized spacial score (nSPS) is 17.1. The SMILES string of the molecule is CC(C)(C)NC(=O)C1=NNC(=O)CC1. The molecule has 0 bridgehead atoms. The topological polar surface area (TPSA) is 70.6 Å². The first-order chi connectivity index (χ1) is 6.38. The molecule has 0 aliphatic carbocycles. The Labute approximate surface area is 82.9 Å². The van der Waals surface area contributed by atoms with Crippen LogP contribution in [0.3, 0.4) is 0 Å². The molecule has 1 aliphatic rings. The summed E-state index contributed by atoms with van der Waals surface area (Å²) in [6, 6.07) is 0. The predicted molar refractivity (Wildman–Crippen MR) is 52.7 cm³/mol. The third-order valence-electron chi connectivity index (χ3n) is 1.66. The van der Waals surface area contributed by atoms with Gasteiger partial charge in [-0.05, 0) is 20.8 Å². The minimum absolute atomic E-state index is 0.141. The van der Waals surface area contributed by atoms with Gasteiger partial charge in [-0.15, -0.1) is 0 Å². The average Bonchev–Trinajstić information content (AvgIpc) is 2.02. The Balaban J connectivity index is 2.58. The molecule has 0 saturated carbocycles. The van der Waals surface area contributed by atoms with E-state index in [1.165, 1.54) is 0 Å². The third kappa shape index (κ3) is 3.16. The minimum Gasteiger partial charge on any atom is -0.346 e.